The third kappa shape index (κ3) is 4.34. The fraction of sp³-hybridized carbons (Fsp3) is 0.308. The summed E-state index contributed by atoms with van der Waals surface area (Å²) in [7, 11) is 0. The highest BCUT2D eigenvalue weighted by Crippen LogP contribution is 2.40. The van der Waals surface area contributed by atoms with Crippen molar-refractivity contribution in [3.8, 4) is 0 Å². The Hall–Kier alpha value is -3.13. The van der Waals surface area contributed by atoms with Crippen LogP contribution in [0, 0.1) is 6.92 Å². The van der Waals surface area contributed by atoms with E-state index in [1.54, 1.807) is 19.1 Å². The number of benzene rings is 2. The number of carbonyl (C=O) groups excluding carboxylic acids is 1. The number of aromatic nitrogens is 1. The third-order valence-corrected chi connectivity index (χ3v) is 7.22. The van der Waals surface area contributed by atoms with E-state index in [0.717, 1.165) is 38.5 Å². The summed E-state index contributed by atoms with van der Waals surface area (Å²) in [6.07, 6.45) is -1.74. The van der Waals surface area contributed by atoms with Gasteiger partial charge in [-0.25, -0.2) is 0 Å². The van der Waals surface area contributed by atoms with Crippen molar-refractivity contribution in [3.63, 3.8) is 0 Å². The molecule has 0 aliphatic rings. The molecule has 0 fully saturated rings. The van der Waals surface area contributed by atoms with E-state index in [4.69, 9.17) is 4.52 Å². The number of allylic oxidation sites excluding steroid dienone is 1. The van der Waals surface area contributed by atoms with Gasteiger partial charge in [-0.1, -0.05) is 31.1 Å². The van der Waals surface area contributed by atoms with Crippen LogP contribution in [-0.4, -0.2) is 11.1 Å². The number of halogens is 3. The van der Waals surface area contributed by atoms with Gasteiger partial charge >= 0.3 is 6.18 Å². The van der Waals surface area contributed by atoms with Crippen LogP contribution in [0.5, 0.6) is 0 Å². The van der Waals surface area contributed by atoms with Crippen molar-refractivity contribution < 1.29 is 27.6 Å². The maximum Gasteiger partial charge on any atom is 0.416 e. The molecule has 34 heavy (non-hydrogen) atoms. The van der Waals surface area contributed by atoms with Gasteiger partial charge in [-0.15, -0.1) is 11.3 Å². The van der Waals surface area contributed by atoms with Crippen LogP contribution in [0.4, 0.5) is 13.2 Å². The van der Waals surface area contributed by atoms with Crippen molar-refractivity contribution in [2.45, 2.75) is 52.6 Å². The van der Waals surface area contributed by atoms with Gasteiger partial charge in [-0.05, 0) is 78.9 Å². The molecule has 2 aromatic carbocycles. The molecule has 0 bridgehead atoms. The zero-order valence-corrected chi connectivity index (χ0v) is 20.0. The molecule has 4 nitrogen and oxygen atoms in total. The molecule has 4 aromatic rings. The maximum absolute atomic E-state index is 13.2. The highest BCUT2D eigenvalue weighted by atomic mass is 32.1. The summed E-state index contributed by atoms with van der Waals surface area (Å²) < 4.78 is 45.7. The predicted molar refractivity (Wildman–Crippen MR) is 126 cm³/mol. The van der Waals surface area contributed by atoms with Gasteiger partial charge in [0.1, 0.15) is 0 Å². The molecule has 0 saturated carbocycles. The normalized spacial score (nSPS) is 12.9. The molecule has 0 atom stereocenters. The Morgan fingerprint density at radius 3 is 2.53 bits per heavy atom. The lowest BCUT2D eigenvalue weighted by Crippen LogP contribution is -2.23. The van der Waals surface area contributed by atoms with Crippen LogP contribution in [-0.2, 0) is 23.8 Å². The maximum atomic E-state index is 13.2. The summed E-state index contributed by atoms with van der Waals surface area (Å²) in [5.74, 6) is -1.10. The molecule has 178 valence electrons. The number of aliphatic carboxylic acids is 1. The molecule has 0 N–H and O–H groups in total. The van der Waals surface area contributed by atoms with E-state index in [1.165, 1.54) is 23.5 Å². The first-order valence-corrected chi connectivity index (χ1v) is 11.7. The lowest BCUT2D eigenvalue weighted by molar-refractivity contribution is -0.295. The van der Waals surface area contributed by atoms with E-state index in [1.807, 2.05) is 26.8 Å². The molecule has 2 aromatic heterocycles. The molecule has 0 radical (unpaired) electrons. The van der Waals surface area contributed by atoms with E-state index in [2.05, 4.69) is 5.16 Å². The van der Waals surface area contributed by atoms with E-state index >= 15 is 0 Å². The number of rotatable bonds is 6. The monoisotopic (exact) mass is 486 g/mol. The second-order valence-corrected chi connectivity index (χ2v) is 9.72. The fourth-order valence-corrected chi connectivity index (χ4v) is 5.79. The summed E-state index contributed by atoms with van der Waals surface area (Å²) in [5.41, 5.74) is 2.99. The number of thiophene rings is 1. The molecule has 8 heteroatoms. The summed E-state index contributed by atoms with van der Waals surface area (Å²) in [4.78, 5) is 12.5. The zero-order valence-electron chi connectivity index (χ0n) is 19.2. The van der Waals surface area contributed by atoms with Crippen molar-refractivity contribution in [2.75, 3.05) is 0 Å². The van der Waals surface area contributed by atoms with Gasteiger partial charge in [0.05, 0.1) is 17.2 Å². The molecular formula is C26H23F3NO3S-. The molecule has 0 saturated heterocycles. The topological polar surface area (TPSA) is 66.2 Å². The number of carboxylic acid groups (broad SMARTS) is 1. The molecule has 0 unspecified atom stereocenters. The standard InChI is InChI=1S/C26H24F3NO3S/c1-5-16(25(31)32)18-12-21-19(10-14(18)4)20(30-33-21)8-9-22-24(13(2)3)17-7-6-15(26(27,28)29)11-23(17)34-22/h5-7,10-13H,8-9H2,1-4H3,(H,31,32)/p-1. The van der Waals surface area contributed by atoms with Crippen LogP contribution in [0.25, 0.3) is 26.6 Å². The summed E-state index contributed by atoms with van der Waals surface area (Å²) >= 11 is 1.39. The van der Waals surface area contributed by atoms with Crippen LogP contribution in [0.1, 0.15) is 59.5 Å². The SMILES string of the molecule is CC=C(C(=O)[O-])c1cc2onc(CCc3sc4cc(C(F)(F)F)ccc4c3C(C)C)c2cc1C. The minimum absolute atomic E-state index is 0.0856. The number of carbonyl (C=O) groups is 1. The Balaban J connectivity index is 1.68. The lowest BCUT2D eigenvalue weighted by Gasteiger charge is -2.11. The van der Waals surface area contributed by atoms with Gasteiger partial charge in [0.2, 0.25) is 0 Å². The predicted octanol–water partition coefficient (Wildman–Crippen LogP) is 6.43. The quantitative estimate of drug-likeness (QED) is 0.295. The van der Waals surface area contributed by atoms with E-state index < -0.39 is 17.7 Å². The lowest BCUT2D eigenvalue weighted by atomic mass is 9.95. The minimum Gasteiger partial charge on any atom is -0.545 e. The third-order valence-electron chi connectivity index (χ3n) is 5.99. The van der Waals surface area contributed by atoms with Crippen LogP contribution in [0.3, 0.4) is 0 Å². The largest absolute Gasteiger partial charge is 0.545 e. The number of hydrogen-bond donors (Lipinski definition) is 0. The summed E-state index contributed by atoms with van der Waals surface area (Å²) in [6, 6.07) is 7.45. The van der Waals surface area contributed by atoms with E-state index in [0.29, 0.717) is 28.7 Å². The number of aryl methyl sites for hydroxylation is 3. The molecule has 2 heterocycles. The van der Waals surface area contributed by atoms with Crippen LogP contribution in [0.15, 0.2) is 40.9 Å². The van der Waals surface area contributed by atoms with Gasteiger partial charge < -0.3 is 14.4 Å². The van der Waals surface area contributed by atoms with Gasteiger partial charge in [0.15, 0.2) is 5.58 Å². The van der Waals surface area contributed by atoms with Crippen molar-refractivity contribution in [2.24, 2.45) is 0 Å². The van der Waals surface area contributed by atoms with E-state index in [9.17, 15) is 23.1 Å². The van der Waals surface area contributed by atoms with Gasteiger partial charge in [-0.2, -0.15) is 13.2 Å². The molecule has 0 aliphatic heterocycles. The first-order chi connectivity index (χ1) is 16.0. The Labute approximate surface area is 198 Å². The number of alkyl halides is 3. The zero-order chi connectivity index (χ0) is 24.8. The fourth-order valence-electron chi connectivity index (χ4n) is 4.39. The molecule has 0 spiro atoms. The Bertz CT molecular complexity index is 1430. The van der Waals surface area contributed by atoms with E-state index in [-0.39, 0.29) is 11.5 Å². The average Bonchev–Trinajstić information content (AvgIpc) is 3.31. The highest BCUT2D eigenvalue weighted by molar-refractivity contribution is 7.19. The first kappa shape index (κ1) is 24.0. The first-order valence-electron chi connectivity index (χ1n) is 10.9. The second-order valence-electron chi connectivity index (χ2n) is 8.58. The van der Waals surface area contributed by atoms with Crippen molar-refractivity contribution in [1.82, 2.24) is 5.16 Å². The summed E-state index contributed by atoms with van der Waals surface area (Å²) in [6.45, 7) is 7.53. The average molecular weight is 487 g/mol. The molecule has 0 amide bonds. The van der Waals surface area contributed by atoms with Crippen molar-refractivity contribution in [3.05, 3.63) is 69.2 Å². The van der Waals surface area contributed by atoms with Crippen LogP contribution in [0.2, 0.25) is 0 Å². The Morgan fingerprint density at radius 1 is 1.18 bits per heavy atom. The van der Waals surface area contributed by atoms with Gasteiger partial charge in [0.25, 0.3) is 0 Å². The second kappa shape index (κ2) is 8.91. The molecule has 0 aliphatic carbocycles. The Morgan fingerprint density at radius 2 is 1.91 bits per heavy atom. The smallest absolute Gasteiger partial charge is 0.416 e. The highest BCUT2D eigenvalue weighted by Gasteiger charge is 2.31. The van der Waals surface area contributed by atoms with Crippen molar-refractivity contribution in [1.29, 1.82) is 0 Å². The molecular weight excluding hydrogens is 463 g/mol. The number of carboxylic acids is 1. The molecule has 4 rings (SSSR count). The number of fused-ring (bicyclic) bond motifs is 2. The minimum atomic E-state index is -4.38. The summed E-state index contributed by atoms with van der Waals surface area (Å²) in [5, 5.41) is 17.3. The number of nitrogens with zero attached hydrogens (tertiary/aromatic N) is 1. The van der Waals surface area contributed by atoms with Gasteiger partial charge in [-0.3, -0.25) is 0 Å². The van der Waals surface area contributed by atoms with Crippen LogP contribution >= 0.6 is 11.3 Å². The van der Waals surface area contributed by atoms with Gasteiger partial charge in [0, 0.05) is 20.5 Å². The van der Waals surface area contributed by atoms with Crippen LogP contribution < -0.4 is 5.11 Å². The Kier molecular flexibility index (Phi) is 6.29. The van der Waals surface area contributed by atoms with Crippen molar-refractivity contribution >= 4 is 43.9 Å². The number of hydrogen-bond acceptors (Lipinski definition) is 5.